The summed E-state index contributed by atoms with van der Waals surface area (Å²) in [5, 5.41) is 7.23. The number of carbonyl (C=O) groups is 2. The molecule has 0 radical (unpaired) electrons. The zero-order valence-corrected chi connectivity index (χ0v) is 14.1. The van der Waals surface area contributed by atoms with Crippen LogP contribution in [0.4, 0.5) is 10.1 Å². The smallest absolute Gasteiger partial charge is 0.340 e. The largest absolute Gasteiger partial charge is 0.452 e. The van der Waals surface area contributed by atoms with Crippen LogP contribution in [0.25, 0.3) is 0 Å². The third kappa shape index (κ3) is 5.24. The molecule has 0 bridgehead atoms. The minimum atomic E-state index is -3.83. The molecular formula is C15H12ClFN2O5S. The number of halogens is 2. The average molecular weight is 387 g/mol. The molecule has 0 heterocycles. The maximum Gasteiger partial charge on any atom is 0.340 e. The molecule has 0 aromatic heterocycles. The van der Waals surface area contributed by atoms with Gasteiger partial charge in [0.25, 0.3) is 5.91 Å². The van der Waals surface area contributed by atoms with Crippen LogP contribution in [0.1, 0.15) is 10.4 Å². The molecule has 0 aliphatic rings. The Morgan fingerprint density at radius 3 is 2.36 bits per heavy atom. The lowest BCUT2D eigenvalue weighted by molar-refractivity contribution is -0.119. The molecule has 2 rings (SSSR count). The topological polar surface area (TPSA) is 116 Å². The number of rotatable bonds is 5. The average Bonchev–Trinajstić information content (AvgIpc) is 2.52. The molecule has 2 aromatic rings. The fourth-order valence-electron chi connectivity index (χ4n) is 1.79. The lowest BCUT2D eigenvalue weighted by Gasteiger charge is -2.08. The summed E-state index contributed by atoms with van der Waals surface area (Å²) in [7, 11) is -3.83. The maximum atomic E-state index is 12.9. The van der Waals surface area contributed by atoms with Crippen molar-refractivity contribution >= 4 is 39.2 Å². The van der Waals surface area contributed by atoms with Crippen LogP contribution in [-0.4, -0.2) is 26.9 Å². The molecule has 0 atom stereocenters. The predicted molar refractivity (Wildman–Crippen MR) is 88.1 cm³/mol. The molecule has 0 fully saturated rings. The van der Waals surface area contributed by atoms with Crippen molar-refractivity contribution in [3.05, 3.63) is 58.9 Å². The third-order valence-electron chi connectivity index (χ3n) is 2.95. The summed E-state index contributed by atoms with van der Waals surface area (Å²) in [6.07, 6.45) is 0. The van der Waals surface area contributed by atoms with Gasteiger partial charge in [-0.15, -0.1) is 0 Å². The number of carbonyl (C=O) groups excluding carboxylic acids is 2. The normalized spacial score (nSPS) is 11.0. The van der Waals surface area contributed by atoms with Gasteiger partial charge in [-0.3, -0.25) is 4.79 Å². The van der Waals surface area contributed by atoms with E-state index >= 15 is 0 Å². The van der Waals surface area contributed by atoms with Crippen molar-refractivity contribution in [2.45, 2.75) is 4.90 Å². The Kier molecular flexibility index (Phi) is 5.73. The maximum absolute atomic E-state index is 12.9. The molecule has 1 amide bonds. The number of ether oxygens (including phenoxy) is 1. The first-order chi connectivity index (χ1) is 11.7. The highest BCUT2D eigenvalue weighted by molar-refractivity contribution is 7.89. The van der Waals surface area contributed by atoms with Crippen molar-refractivity contribution in [3.63, 3.8) is 0 Å². The molecule has 0 aliphatic carbocycles. The number of esters is 1. The summed E-state index contributed by atoms with van der Waals surface area (Å²) in [4.78, 5) is 23.4. The highest BCUT2D eigenvalue weighted by atomic mass is 35.5. The molecule has 0 spiro atoms. The Bertz CT molecular complexity index is 916. The zero-order valence-electron chi connectivity index (χ0n) is 12.5. The highest BCUT2D eigenvalue weighted by Crippen LogP contribution is 2.18. The monoisotopic (exact) mass is 386 g/mol. The fraction of sp³-hybridized carbons (Fsp3) is 0.0667. The number of hydrogen-bond donors (Lipinski definition) is 2. The summed E-state index contributed by atoms with van der Waals surface area (Å²) >= 11 is 5.72. The second-order valence-electron chi connectivity index (χ2n) is 4.82. The van der Waals surface area contributed by atoms with E-state index in [1.165, 1.54) is 24.3 Å². The number of hydrogen-bond acceptors (Lipinski definition) is 5. The third-order valence-corrected chi connectivity index (χ3v) is 4.19. The van der Waals surface area contributed by atoms with Crippen molar-refractivity contribution < 1.29 is 27.1 Å². The minimum absolute atomic E-state index is 0.0756. The second-order valence-corrected chi connectivity index (χ2v) is 6.79. The van der Waals surface area contributed by atoms with Crippen molar-refractivity contribution in [2.24, 2.45) is 5.14 Å². The van der Waals surface area contributed by atoms with Gasteiger partial charge in [-0.05, 0) is 42.5 Å². The molecule has 0 aliphatic heterocycles. The Morgan fingerprint density at radius 1 is 1.16 bits per heavy atom. The Balaban J connectivity index is 1.93. The number of benzene rings is 2. The first kappa shape index (κ1) is 18.8. The van der Waals surface area contributed by atoms with Crippen LogP contribution in [0.15, 0.2) is 47.4 Å². The van der Waals surface area contributed by atoms with Gasteiger partial charge in [0.2, 0.25) is 10.0 Å². The molecule has 3 N–H and O–H groups in total. The van der Waals surface area contributed by atoms with Crippen molar-refractivity contribution in [1.29, 1.82) is 0 Å². The van der Waals surface area contributed by atoms with E-state index in [1.54, 1.807) is 0 Å². The van der Waals surface area contributed by atoms with E-state index in [0.29, 0.717) is 0 Å². The molecule has 132 valence electrons. The van der Waals surface area contributed by atoms with E-state index in [4.69, 9.17) is 21.5 Å². The molecular weight excluding hydrogens is 375 g/mol. The molecule has 0 unspecified atom stereocenters. The predicted octanol–water partition coefficient (Wildman–Crippen LogP) is 1.92. The van der Waals surface area contributed by atoms with Gasteiger partial charge in [0.1, 0.15) is 5.82 Å². The van der Waals surface area contributed by atoms with E-state index in [9.17, 15) is 22.4 Å². The van der Waals surface area contributed by atoms with Gasteiger partial charge < -0.3 is 10.1 Å². The van der Waals surface area contributed by atoms with E-state index in [1.807, 2.05) is 0 Å². The van der Waals surface area contributed by atoms with Gasteiger partial charge in [0, 0.05) is 5.69 Å². The van der Waals surface area contributed by atoms with Crippen LogP contribution in [-0.2, 0) is 19.6 Å². The van der Waals surface area contributed by atoms with Crippen LogP contribution < -0.4 is 10.5 Å². The molecule has 7 nitrogen and oxygen atoms in total. The van der Waals surface area contributed by atoms with Gasteiger partial charge in [0.15, 0.2) is 6.61 Å². The Labute approximate surface area is 147 Å². The van der Waals surface area contributed by atoms with Gasteiger partial charge in [0.05, 0.1) is 15.5 Å². The number of nitrogens with two attached hydrogens (primary N) is 1. The molecule has 0 saturated carbocycles. The number of amides is 1. The summed E-state index contributed by atoms with van der Waals surface area (Å²) in [6, 6.07) is 8.22. The minimum Gasteiger partial charge on any atom is -0.452 e. The van der Waals surface area contributed by atoms with Gasteiger partial charge in [-0.2, -0.15) is 0 Å². The summed E-state index contributed by atoms with van der Waals surface area (Å²) in [6.45, 7) is -0.608. The van der Waals surface area contributed by atoms with E-state index in [-0.39, 0.29) is 21.2 Å². The summed E-state index contributed by atoms with van der Waals surface area (Å²) < 4.78 is 40.0. The second kappa shape index (κ2) is 7.60. The van der Waals surface area contributed by atoms with Crippen LogP contribution in [0.5, 0.6) is 0 Å². The highest BCUT2D eigenvalue weighted by Gasteiger charge is 2.15. The number of anilines is 1. The first-order valence-corrected chi connectivity index (χ1v) is 8.64. The van der Waals surface area contributed by atoms with Gasteiger partial charge in [-0.1, -0.05) is 11.6 Å². The van der Waals surface area contributed by atoms with Crippen LogP contribution >= 0.6 is 11.6 Å². The first-order valence-electron chi connectivity index (χ1n) is 6.72. The van der Waals surface area contributed by atoms with E-state index in [0.717, 1.165) is 18.2 Å². The summed E-state index contributed by atoms with van der Waals surface area (Å²) in [5.74, 6) is -2.15. The fourth-order valence-corrected chi connectivity index (χ4v) is 2.55. The van der Waals surface area contributed by atoms with Gasteiger partial charge >= 0.3 is 5.97 Å². The summed E-state index contributed by atoms with van der Waals surface area (Å²) in [5.41, 5.74) is 0.210. The molecule has 10 heteroatoms. The van der Waals surface area contributed by atoms with Crippen molar-refractivity contribution in [2.75, 3.05) is 11.9 Å². The lowest BCUT2D eigenvalue weighted by Crippen LogP contribution is -2.21. The molecule has 2 aromatic carbocycles. The van der Waals surface area contributed by atoms with Gasteiger partial charge in [-0.25, -0.2) is 22.7 Å². The quantitative estimate of drug-likeness (QED) is 0.761. The number of primary sulfonamides is 1. The Morgan fingerprint density at radius 2 is 1.80 bits per heavy atom. The molecule has 25 heavy (non-hydrogen) atoms. The lowest BCUT2D eigenvalue weighted by atomic mass is 10.2. The Hall–Kier alpha value is -2.49. The van der Waals surface area contributed by atoms with Crippen LogP contribution in [0.2, 0.25) is 5.02 Å². The van der Waals surface area contributed by atoms with E-state index in [2.05, 4.69) is 5.32 Å². The number of sulfonamides is 1. The number of nitrogens with one attached hydrogen (secondary N) is 1. The van der Waals surface area contributed by atoms with Crippen LogP contribution in [0.3, 0.4) is 0 Å². The SMILES string of the molecule is NS(=O)(=O)c1ccc(NC(=O)COC(=O)c2ccc(F)cc2Cl)cc1. The zero-order chi connectivity index (χ0) is 18.6. The molecule has 0 saturated heterocycles. The van der Waals surface area contributed by atoms with E-state index < -0.39 is 34.3 Å². The van der Waals surface area contributed by atoms with Crippen molar-refractivity contribution in [1.82, 2.24) is 0 Å². The van der Waals surface area contributed by atoms with Crippen molar-refractivity contribution in [3.8, 4) is 0 Å². The van der Waals surface area contributed by atoms with Crippen LogP contribution in [0, 0.1) is 5.82 Å². The standard InChI is InChI=1S/C15H12ClFN2O5S/c16-13-7-9(17)1-6-12(13)15(21)24-8-14(20)19-10-2-4-11(5-3-10)25(18,22)23/h1-7H,8H2,(H,19,20)(H2,18,22,23).